The Morgan fingerprint density at radius 1 is 1.17 bits per heavy atom. The van der Waals surface area contributed by atoms with Crippen molar-refractivity contribution in [2.45, 2.75) is 49.9 Å². The van der Waals surface area contributed by atoms with Gasteiger partial charge in [0.05, 0.1) is 12.6 Å². The lowest BCUT2D eigenvalue weighted by atomic mass is 9.94. The number of nitrogens with zero attached hydrogens (tertiary/aromatic N) is 1. The number of piperidine rings is 1. The van der Waals surface area contributed by atoms with Gasteiger partial charge in [-0.05, 0) is 25.9 Å². The molecule has 0 aliphatic carbocycles. The molecule has 2 rings (SSSR count). The van der Waals surface area contributed by atoms with Crippen molar-refractivity contribution < 1.29 is 24.8 Å². The lowest BCUT2D eigenvalue weighted by Crippen LogP contribution is -2.65. The summed E-state index contributed by atoms with van der Waals surface area (Å²) in [6.07, 6.45) is -0.0743. The first-order valence-electron chi connectivity index (χ1n) is 6.58. The standard InChI is InChI=1S/C12H23NO5/c1-17-12-9(13-5-3-2-4-6-13)11(16)10(15)8(7-14)18-12/h8-12,14-16H,2-7H2,1H3/t8-,9+,10+,11-,12-/m1/s1. The highest BCUT2D eigenvalue weighted by molar-refractivity contribution is 4.95. The van der Waals surface area contributed by atoms with Crippen molar-refractivity contribution in [1.82, 2.24) is 4.90 Å². The number of aliphatic hydroxyl groups excluding tert-OH is 3. The normalized spacial score (nSPS) is 43.0. The van der Waals surface area contributed by atoms with Crippen LogP contribution in [0.4, 0.5) is 0 Å². The average molecular weight is 261 g/mol. The minimum absolute atomic E-state index is 0.329. The molecular weight excluding hydrogens is 238 g/mol. The number of likely N-dealkylation sites (tertiary alicyclic amines) is 1. The van der Waals surface area contributed by atoms with E-state index in [0.717, 1.165) is 25.9 Å². The fourth-order valence-electron chi connectivity index (χ4n) is 2.87. The fraction of sp³-hybridized carbons (Fsp3) is 1.00. The van der Waals surface area contributed by atoms with Crippen LogP contribution >= 0.6 is 0 Å². The van der Waals surface area contributed by atoms with E-state index in [-0.39, 0.29) is 12.6 Å². The number of aliphatic hydroxyl groups is 3. The summed E-state index contributed by atoms with van der Waals surface area (Å²) in [7, 11) is 1.51. The molecule has 0 aromatic heterocycles. The predicted molar refractivity (Wildman–Crippen MR) is 64.0 cm³/mol. The molecule has 0 unspecified atom stereocenters. The smallest absolute Gasteiger partial charge is 0.175 e. The van der Waals surface area contributed by atoms with Gasteiger partial charge in [0.2, 0.25) is 0 Å². The van der Waals surface area contributed by atoms with Crippen molar-refractivity contribution in [2.75, 3.05) is 26.8 Å². The number of ether oxygens (including phenoxy) is 2. The molecule has 0 spiro atoms. The zero-order valence-corrected chi connectivity index (χ0v) is 10.7. The molecule has 2 saturated heterocycles. The topological polar surface area (TPSA) is 82.4 Å². The number of rotatable bonds is 3. The summed E-state index contributed by atoms with van der Waals surface area (Å²) in [5, 5.41) is 29.3. The Morgan fingerprint density at radius 3 is 2.39 bits per heavy atom. The molecule has 2 aliphatic heterocycles. The highest BCUT2D eigenvalue weighted by atomic mass is 16.7. The molecule has 18 heavy (non-hydrogen) atoms. The molecule has 2 heterocycles. The molecule has 5 atom stereocenters. The van der Waals surface area contributed by atoms with Crippen LogP contribution < -0.4 is 0 Å². The Labute approximate surface area is 107 Å². The zero-order valence-electron chi connectivity index (χ0n) is 10.7. The van der Waals surface area contributed by atoms with Crippen LogP contribution in [-0.2, 0) is 9.47 Å². The van der Waals surface area contributed by atoms with Crippen molar-refractivity contribution in [3.05, 3.63) is 0 Å². The van der Waals surface area contributed by atoms with Gasteiger partial charge in [-0.15, -0.1) is 0 Å². The van der Waals surface area contributed by atoms with E-state index in [1.807, 2.05) is 0 Å². The van der Waals surface area contributed by atoms with E-state index in [4.69, 9.17) is 14.6 Å². The molecule has 0 saturated carbocycles. The minimum Gasteiger partial charge on any atom is -0.394 e. The molecule has 0 radical (unpaired) electrons. The van der Waals surface area contributed by atoms with Gasteiger partial charge >= 0.3 is 0 Å². The Kier molecular flexibility index (Phi) is 4.94. The molecule has 2 fully saturated rings. The van der Waals surface area contributed by atoms with E-state index in [2.05, 4.69) is 4.90 Å². The molecule has 6 nitrogen and oxygen atoms in total. The minimum atomic E-state index is -1.08. The second-order valence-electron chi connectivity index (χ2n) is 5.03. The summed E-state index contributed by atoms with van der Waals surface area (Å²) in [6, 6.07) is -0.368. The van der Waals surface area contributed by atoms with Crippen LogP contribution in [0.15, 0.2) is 0 Å². The Hall–Kier alpha value is -0.240. The maximum atomic E-state index is 10.2. The molecule has 2 aliphatic rings. The van der Waals surface area contributed by atoms with Gasteiger partial charge in [-0.1, -0.05) is 6.42 Å². The lowest BCUT2D eigenvalue weighted by molar-refractivity contribution is -0.281. The first-order valence-corrected chi connectivity index (χ1v) is 6.58. The molecule has 106 valence electrons. The van der Waals surface area contributed by atoms with E-state index in [9.17, 15) is 10.2 Å². The second kappa shape index (κ2) is 6.27. The van der Waals surface area contributed by atoms with Crippen molar-refractivity contribution in [2.24, 2.45) is 0 Å². The highest BCUT2D eigenvalue weighted by Crippen LogP contribution is 2.27. The largest absolute Gasteiger partial charge is 0.394 e. The number of methoxy groups -OCH3 is 1. The third kappa shape index (κ3) is 2.68. The number of hydrogen-bond donors (Lipinski definition) is 3. The summed E-state index contributed by atoms with van der Waals surface area (Å²) in [5.74, 6) is 0. The Bertz CT molecular complexity index is 257. The quantitative estimate of drug-likeness (QED) is 0.600. The molecule has 0 aromatic carbocycles. The van der Waals surface area contributed by atoms with Crippen LogP contribution in [0.2, 0.25) is 0 Å². The molecule has 0 bridgehead atoms. The summed E-state index contributed by atoms with van der Waals surface area (Å²) < 4.78 is 10.8. The van der Waals surface area contributed by atoms with Gasteiger partial charge < -0.3 is 24.8 Å². The molecule has 0 aromatic rings. The third-order valence-corrected chi connectivity index (χ3v) is 3.89. The van der Waals surface area contributed by atoms with Gasteiger partial charge in [0, 0.05) is 7.11 Å². The van der Waals surface area contributed by atoms with Crippen LogP contribution in [0.3, 0.4) is 0 Å². The summed E-state index contributed by atoms with van der Waals surface area (Å²) >= 11 is 0. The maximum absolute atomic E-state index is 10.2. The second-order valence-corrected chi connectivity index (χ2v) is 5.03. The van der Waals surface area contributed by atoms with Crippen LogP contribution in [-0.4, -0.2) is 77.7 Å². The fourth-order valence-corrected chi connectivity index (χ4v) is 2.87. The molecule has 3 N–H and O–H groups in total. The van der Waals surface area contributed by atoms with E-state index < -0.39 is 24.6 Å². The van der Waals surface area contributed by atoms with Gasteiger partial charge in [-0.2, -0.15) is 0 Å². The van der Waals surface area contributed by atoms with Gasteiger partial charge in [0.1, 0.15) is 18.3 Å². The summed E-state index contributed by atoms with van der Waals surface area (Å²) in [6.45, 7) is 1.42. The lowest BCUT2D eigenvalue weighted by Gasteiger charge is -2.47. The first kappa shape index (κ1) is 14.2. The Morgan fingerprint density at radius 2 is 1.83 bits per heavy atom. The van der Waals surface area contributed by atoms with Crippen LogP contribution in [0.5, 0.6) is 0 Å². The van der Waals surface area contributed by atoms with Gasteiger partial charge in [-0.3, -0.25) is 4.90 Å². The van der Waals surface area contributed by atoms with Gasteiger partial charge in [0.25, 0.3) is 0 Å². The van der Waals surface area contributed by atoms with Crippen molar-refractivity contribution in [1.29, 1.82) is 0 Å². The van der Waals surface area contributed by atoms with Crippen molar-refractivity contribution >= 4 is 0 Å². The SMILES string of the molecule is CO[C@@H]1O[C@H](CO)[C@H](O)[C@H](O)[C@@H]1N1CCCCC1. The zero-order chi connectivity index (χ0) is 13.1. The summed E-state index contributed by atoms with van der Waals surface area (Å²) in [4.78, 5) is 2.11. The van der Waals surface area contributed by atoms with E-state index in [0.29, 0.717) is 0 Å². The van der Waals surface area contributed by atoms with Gasteiger partial charge in [0.15, 0.2) is 6.29 Å². The monoisotopic (exact) mass is 261 g/mol. The molecule has 6 heteroatoms. The summed E-state index contributed by atoms with van der Waals surface area (Å²) in [5.41, 5.74) is 0. The molecule has 0 amide bonds. The average Bonchev–Trinajstić information content (AvgIpc) is 2.42. The van der Waals surface area contributed by atoms with Crippen LogP contribution in [0, 0.1) is 0 Å². The van der Waals surface area contributed by atoms with Crippen molar-refractivity contribution in [3.63, 3.8) is 0 Å². The van der Waals surface area contributed by atoms with Gasteiger partial charge in [-0.25, -0.2) is 0 Å². The van der Waals surface area contributed by atoms with E-state index in [1.54, 1.807) is 0 Å². The maximum Gasteiger partial charge on any atom is 0.175 e. The highest BCUT2D eigenvalue weighted by Gasteiger charge is 2.47. The van der Waals surface area contributed by atoms with Crippen LogP contribution in [0.25, 0.3) is 0 Å². The molecular formula is C12H23NO5. The number of hydrogen-bond acceptors (Lipinski definition) is 6. The predicted octanol–water partition coefficient (Wildman–Crippen LogP) is -1.07. The first-order chi connectivity index (χ1) is 8.69. The van der Waals surface area contributed by atoms with Crippen LogP contribution in [0.1, 0.15) is 19.3 Å². The third-order valence-electron chi connectivity index (χ3n) is 3.89. The Balaban J connectivity index is 2.10. The van der Waals surface area contributed by atoms with E-state index in [1.165, 1.54) is 13.5 Å². The van der Waals surface area contributed by atoms with E-state index >= 15 is 0 Å². The van der Waals surface area contributed by atoms with Crippen molar-refractivity contribution in [3.8, 4) is 0 Å².